The van der Waals surface area contributed by atoms with Crippen molar-refractivity contribution >= 4 is 26.7 Å². The van der Waals surface area contributed by atoms with E-state index in [4.69, 9.17) is 5.41 Å². The van der Waals surface area contributed by atoms with Crippen LogP contribution < -0.4 is 5.62 Å². The van der Waals surface area contributed by atoms with Crippen molar-refractivity contribution in [3.05, 3.63) is 53.0 Å². The van der Waals surface area contributed by atoms with E-state index in [1.54, 1.807) is 28.3 Å². The smallest absolute Gasteiger partial charge is 0.203 e. The lowest BCUT2D eigenvalue weighted by Crippen LogP contribution is -2.28. The molecule has 2 aromatic rings. The number of nitrogens with zero attached hydrogens (tertiary/aromatic N) is 2. The molecule has 24 heavy (non-hydrogen) atoms. The third kappa shape index (κ3) is 2.87. The van der Waals surface area contributed by atoms with Crippen LogP contribution in [0.4, 0.5) is 0 Å². The minimum atomic E-state index is -3.24. The Morgan fingerprint density at radius 1 is 1.29 bits per heavy atom. The molecule has 1 aromatic carbocycles. The highest BCUT2D eigenvalue weighted by molar-refractivity contribution is 7.94. The molecule has 1 atom stereocenters. The second-order valence-electron chi connectivity index (χ2n) is 6.00. The summed E-state index contributed by atoms with van der Waals surface area (Å²) in [6.45, 7) is 0.0945. The summed E-state index contributed by atoms with van der Waals surface area (Å²) in [5.74, 6) is -0.397. The topological polar surface area (TPSA) is 84.9 Å². The first-order valence-electron chi connectivity index (χ1n) is 7.59. The molecule has 3 rings (SSSR count). The van der Waals surface area contributed by atoms with Gasteiger partial charge in [-0.1, -0.05) is 24.3 Å². The van der Waals surface area contributed by atoms with Gasteiger partial charge in [-0.3, -0.25) is 10.2 Å². The zero-order valence-electron chi connectivity index (χ0n) is 13.6. The van der Waals surface area contributed by atoms with Crippen LogP contribution in [0.15, 0.2) is 47.4 Å². The summed E-state index contributed by atoms with van der Waals surface area (Å²) in [6, 6.07) is 7.58. The van der Waals surface area contributed by atoms with E-state index >= 15 is 0 Å². The van der Waals surface area contributed by atoms with Crippen LogP contribution in [-0.4, -0.2) is 29.6 Å². The summed E-state index contributed by atoms with van der Waals surface area (Å²) in [6.07, 6.45) is 6.26. The van der Waals surface area contributed by atoms with E-state index < -0.39 is 9.84 Å². The van der Waals surface area contributed by atoms with Crippen LogP contribution in [-0.2, 0) is 28.2 Å². The fourth-order valence-electron chi connectivity index (χ4n) is 2.93. The van der Waals surface area contributed by atoms with Gasteiger partial charge in [-0.05, 0) is 24.6 Å². The van der Waals surface area contributed by atoms with E-state index in [9.17, 15) is 13.2 Å². The van der Waals surface area contributed by atoms with Crippen molar-refractivity contribution in [1.29, 1.82) is 5.41 Å². The van der Waals surface area contributed by atoms with E-state index in [-0.39, 0.29) is 28.8 Å². The van der Waals surface area contributed by atoms with Crippen LogP contribution in [0.5, 0.6) is 0 Å². The van der Waals surface area contributed by atoms with Gasteiger partial charge >= 0.3 is 0 Å². The van der Waals surface area contributed by atoms with Gasteiger partial charge in [-0.2, -0.15) is 0 Å². The van der Waals surface area contributed by atoms with Crippen LogP contribution in [0.3, 0.4) is 0 Å². The molecular formula is C17H19N3O3S. The number of para-hydroxylation sites is 2. The lowest BCUT2D eigenvalue weighted by atomic mass is 9.96. The molecule has 0 saturated carbocycles. The number of imidazole rings is 1. The first-order chi connectivity index (χ1) is 11.3. The molecule has 126 valence electrons. The van der Waals surface area contributed by atoms with Gasteiger partial charge in [-0.25, -0.2) is 8.42 Å². The normalized spacial score (nSPS) is 17.9. The lowest BCUT2D eigenvalue weighted by Gasteiger charge is -2.15. The monoisotopic (exact) mass is 345 g/mol. The number of allylic oxidation sites excluding steroid dienone is 3. The van der Waals surface area contributed by atoms with Crippen molar-refractivity contribution in [3.8, 4) is 0 Å². The summed E-state index contributed by atoms with van der Waals surface area (Å²) in [5, 5.41) is 8.21. The van der Waals surface area contributed by atoms with E-state index in [0.717, 1.165) is 17.3 Å². The number of hydrogen-bond acceptors (Lipinski definition) is 4. The second kappa shape index (κ2) is 5.90. The van der Waals surface area contributed by atoms with Crippen LogP contribution in [0.1, 0.15) is 6.42 Å². The van der Waals surface area contributed by atoms with Crippen LogP contribution in [0.25, 0.3) is 11.0 Å². The van der Waals surface area contributed by atoms with Gasteiger partial charge in [0.15, 0.2) is 15.6 Å². The number of ketones is 1. The number of carbonyl (C=O) groups excluding carboxylic acids is 1. The van der Waals surface area contributed by atoms with Gasteiger partial charge in [0.2, 0.25) is 5.62 Å². The number of rotatable bonds is 4. The predicted molar refractivity (Wildman–Crippen MR) is 91.9 cm³/mol. The molecule has 0 bridgehead atoms. The molecule has 1 aliphatic rings. The number of aryl methyl sites for hydroxylation is 1. The van der Waals surface area contributed by atoms with Crippen molar-refractivity contribution in [2.24, 2.45) is 13.0 Å². The minimum absolute atomic E-state index is 0.0371. The molecule has 0 spiro atoms. The Hall–Kier alpha value is -2.41. The number of aromatic nitrogens is 2. The van der Waals surface area contributed by atoms with Crippen LogP contribution in [0, 0.1) is 11.3 Å². The highest BCUT2D eigenvalue weighted by Gasteiger charge is 2.21. The summed E-state index contributed by atoms with van der Waals surface area (Å²) >= 11 is 0. The van der Waals surface area contributed by atoms with Gasteiger partial charge in [-0.15, -0.1) is 0 Å². The number of benzene rings is 1. The van der Waals surface area contributed by atoms with Gasteiger partial charge in [0.1, 0.15) is 0 Å². The lowest BCUT2D eigenvalue weighted by molar-refractivity contribution is -0.122. The molecule has 0 amide bonds. The summed E-state index contributed by atoms with van der Waals surface area (Å²) in [5.41, 5.74) is 2.00. The number of Topliss-reactive ketones (excluding diaryl/α,β-unsaturated/α-hetero) is 1. The summed E-state index contributed by atoms with van der Waals surface area (Å²) < 4.78 is 26.4. The highest BCUT2D eigenvalue weighted by atomic mass is 32.2. The average molecular weight is 345 g/mol. The van der Waals surface area contributed by atoms with Crippen molar-refractivity contribution in [2.75, 3.05) is 6.26 Å². The zero-order chi connectivity index (χ0) is 17.5. The number of carbonyl (C=O) groups is 1. The Bertz CT molecular complexity index is 1040. The van der Waals surface area contributed by atoms with Crippen molar-refractivity contribution in [1.82, 2.24) is 9.13 Å². The number of fused-ring (bicyclic) bond motifs is 1. The van der Waals surface area contributed by atoms with E-state index in [1.165, 1.54) is 6.08 Å². The Labute approximate surface area is 140 Å². The summed E-state index contributed by atoms with van der Waals surface area (Å²) in [7, 11) is -1.44. The minimum Gasteiger partial charge on any atom is -0.313 e. The molecule has 1 N–H and O–H groups in total. The largest absolute Gasteiger partial charge is 0.313 e. The Morgan fingerprint density at radius 2 is 1.96 bits per heavy atom. The molecule has 0 aliphatic heterocycles. The number of hydrogen-bond donors (Lipinski definition) is 1. The third-order valence-electron chi connectivity index (χ3n) is 4.33. The number of nitrogens with one attached hydrogen (secondary N) is 1. The molecule has 7 heteroatoms. The fraction of sp³-hybridized carbons (Fsp3) is 0.294. The Balaban J connectivity index is 1.85. The van der Waals surface area contributed by atoms with Crippen molar-refractivity contribution < 1.29 is 13.2 Å². The maximum absolute atomic E-state index is 12.6. The summed E-state index contributed by atoms with van der Waals surface area (Å²) in [4.78, 5) is 12.8. The van der Waals surface area contributed by atoms with Gasteiger partial charge in [0.25, 0.3) is 0 Å². The van der Waals surface area contributed by atoms with E-state index in [2.05, 4.69) is 0 Å². The zero-order valence-corrected chi connectivity index (χ0v) is 14.4. The van der Waals surface area contributed by atoms with Gasteiger partial charge < -0.3 is 9.13 Å². The Morgan fingerprint density at radius 3 is 2.54 bits per heavy atom. The molecule has 1 unspecified atom stereocenters. The molecule has 1 aromatic heterocycles. The van der Waals surface area contributed by atoms with Gasteiger partial charge in [0, 0.05) is 19.2 Å². The molecule has 6 nitrogen and oxygen atoms in total. The molecular weight excluding hydrogens is 326 g/mol. The van der Waals surface area contributed by atoms with E-state index in [1.807, 2.05) is 24.3 Å². The quantitative estimate of drug-likeness (QED) is 0.912. The SMILES string of the molecule is Cn1c(=N)n(CC(=O)C2C=CC(S(C)(=O)=O)=CC2)c2ccccc21. The molecule has 0 saturated heterocycles. The third-order valence-corrected chi connectivity index (χ3v) is 5.49. The van der Waals surface area contributed by atoms with E-state index in [0.29, 0.717) is 6.42 Å². The Kier molecular flexibility index (Phi) is 4.04. The average Bonchev–Trinajstić information content (AvgIpc) is 2.79. The molecule has 0 radical (unpaired) electrons. The second-order valence-corrected chi connectivity index (χ2v) is 8.02. The number of sulfone groups is 1. The molecule has 1 aliphatic carbocycles. The maximum atomic E-state index is 12.6. The maximum Gasteiger partial charge on any atom is 0.203 e. The predicted octanol–water partition coefficient (Wildman–Crippen LogP) is 1.53. The highest BCUT2D eigenvalue weighted by Crippen LogP contribution is 2.21. The van der Waals surface area contributed by atoms with Crippen LogP contribution >= 0.6 is 0 Å². The van der Waals surface area contributed by atoms with Crippen molar-refractivity contribution in [3.63, 3.8) is 0 Å². The van der Waals surface area contributed by atoms with Crippen molar-refractivity contribution in [2.45, 2.75) is 13.0 Å². The van der Waals surface area contributed by atoms with Crippen LogP contribution in [0.2, 0.25) is 0 Å². The molecule has 1 heterocycles. The fourth-order valence-corrected chi connectivity index (χ4v) is 3.66. The molecule has 0 fully saturated rings. The first kappa shape index (κ1) is 16.4. The van der Waals surface area contributed by atoms with Gasteiger partial charge in [0.05, 0.1) is 22.5 Å². The first-order valence-corrected chi connectivity index (χ1v) is 9.48. The standard InChI is InChI=1S/C17H19N3O3S/c1-19-14-5-3-4-6-15(14)20(17(19)18)11-16(21)12-7-9-13(10-8-12)24(2,22)23/h3-7,9-10,12,18H,8,11H2,1-2H3.